The molecule has 3 aromatic carbocycles. The molecule has 0 aliphatic rings. The molecule has 6 nitrogen and oxygen atoms in total. The number of fused-ring (bicyclic) bond motifs is 1. The molecular formula is C16H12Br2N3NaO3S. The Morgan fingerprint density at radius 3 is 2.15 bits per heavy atom. The fraction of sp³-hybridized carbons (Fsp3) is 0. The van der Waals surface area contributed by atoms with Crippen molar-refractivity contribution in [2.24, 2.45) is 10.2 Å². The normalized spacial score (nSPS) is 11.7. The number of nitrogen functional groups attached to an aromatic ring is 1. The summed E-state index contributed by atoms with van der Waals surface area (Å²) < 4.78 is 34.5. The minimum atomic E-state index is -4.44. The Hall–Kier alpha value is -0.810. The summed E-state index contributed by atoms with van der Waals surface area (Å²) in [5.74, 6) is 0. The summed E-state index contributed by atoms with van der Waals surface area (Å²) >= 11 is 6.72. The SMILES string of the molecule is Nc1c(N=Nc2ccc(Br)cc2Br)cc(S(=O)(=O)O)c2ccccc12.[NaH]. The maximum atomic E-state index is 11.7. The first kappa shape index (κ1) is 21.5. The van der Waals surface area contributed by atoms with Crippen molar-refractivity contribution < 1.29 is 13.0 Å². The number of hydrogen-bond donors (Lipinski definition) is 2. The number of nitrogens with zero attached hydrogens (tertiary/aromatic N) is 2. The third kappa shape index (κ3) is 4.53. The molecule has 3 aromatic rings. The average Bonchev–Trinajstić information content (AvgIpc) is 2.54. The van der Waals surface area contributed by atoms with E-state index in [4.69, 9.17) is 5.73 Å². The average molecular weight is 509 g/mol. The molecule has 10 heteroatoms. The van der Waals surface area contributed by atoms with Crippen LogP contribution in [0.4, 0.5) is 17.1 Å². The molecule has 26 heavy (non-hydrogen) atoms. The number of benzene rings is 3. The Morgan fingerprint density at radius 1 is 0.923 bits per heavy atom. The molecule has 3 N–H and O–H groups in total. The van der Waals surface area contributed by atoms with E-state index in [1.54, 1.807) is 36.4 Å². The molecule has 0 saturated heterocycles. The molecule has 3 rings (SSSR count). The number of nitrogens with two attached hydrogens (primary N) is 1. The van der Waals surface area contributed by atoms with E-state index in [1.807, 2.05) is 6.07 Å². The summed E-state index contributed by atoms with van der Waals surface area (Å²) in [6.45, 7) is 0. The molecule has 0 aliphatic carbocycles. The maximum absolute atomic E-state index is 11.7. The van der Waals surface area contributed by atoms with Crippen LogP contribution in [-0.4, -0.2) is 42.5 Å². The Labute approximate surface area is 189 Å². The van der Waals surface area contributed by atoms with Crippen molar-refractivity contribution in [3.63, 3.8) is 0 Å². The quantitative estimate of drug-likeness (QED) is 0.226. The third-order valence-corrected chi connectivity index (χ3v) is 5.50. The number of azo groups is 1. The monoisotopic (exact) mass is 507 g/mol. The van der Waals surface area contributed by atoms with Gasteiger partial charge >= 0.3 is 29.6 Å². The summed E-state index contributed by atoms with van der Waals surface area (Å²) in [5, 5.41) is 8.98. The summed E-state index contributed by atoms with van der Waals surface area (Å²) in [4.78, 5) is -0.263. The second-order valence-corrected chi connectivity index (χ2v) is 8.28. The van der Waals surface area contributed by atoms with Crippen LogP contribution in [0.3, 0.4) is 0 Å². The number of anilines is 1. The van der Waals surface area contributed by atoms with Crippen molar-refractivity contribution in [3.8, 4) is 0 Å². The molecule has 0 spiro atoms. The second-order valence-electron chi connectivity index (χ2n) is 5.12. The number of halogens is 2. The van der Waals surface area contributed by atoms with Crippen LogP contribution in [0.15, 0.2) is 72.6 Å². The first-order valence-electron chi connectivity index (χ1n) is 6.93. The van der Waals surface area contributed by atoms with E-state index in [0.717, 1.165) is 4.47 Å². The third-order valence-electron chi connectivity index (χ3n) is 3.48. The van der Waals surface area contributed by atoms with Crippen LogP contribution in [0.2, 0.25) is 0 Å². The van der Waals surface area contributed by atoms with E-state index in [0.29, 0.717) is 20.9 Å². The molecule has 0 bridgehead atoms. The Kier molecular flexibility index (Phi) is 7.00. The molecule has 0 fully saturated rings. The zero-order chi connectivity index (χ0) is 18.2. The first-order chi connectivity index (χ1) is 11.8. The predicted molar refractivity (Wildman–Crippen MR) is 111 cm³/mol. The van der Waals surface area contributed by atoms with E-state index in [1.165, 1.54) is 6.07 Å². The molecule has 0 amide bonds. The van der Waals surface area contributed by atoms with Gasteiger partial charge in [0.25, 0.3) is 10.1 Å². The van der Waals surface area contributed by atoms with Crippen molar-refractivity contribution in [2.75, 3.05) is 5.73 Å². The van der Waals surface area contributed by atoms with Crippen molar-refractivity contribution in [3.05, 3.63) is 57.5 Å². The predicted octanol–water partition coefficient (Wildman–Crippen LogP) is 4.96. The zero-order valence-electron chi connectivity index (χ0n) is 12.5. The molecule has 0 unspecified atom stereocenters. The zero-order valence-corrected chi connectivity index (χ0v) is 16.5. The van der Waals surface area contributed by atoms with Crippen molar-refractivity contribution in [1.82, 2.24) is 0 Å². The topological polar surface area (TPSA) is 105 Å². The Balaban J connectivity index is 0.00000243. The summed E-state index contributed by atoms with van der Waals surface area (Å²) in [6, 6.07) is 13.2. The molecule has 0 radical (unpaired) electrons. The van der Waals surface area contributed by atoms with Crippen LogP contribution in [0, 0.1) is 0 Å². The second kappa shape index (κ2) is 8.47. The van der Waals surface area contributed by atoms with E-state index in [-0.39, 0.29) is 45.8 Å². The van der Waals surface area contributed by atoms with Gasteiger partial charge in [-0.25, -0.2) is 0 Å². The van der Waals surface area contributed by atoms with E-state index in [9.17, 15) is 13.0 Å². The van der Waals surface area contributed by atoms with Gasteiger partial charge in [0.15, 0.2) is 0 Å². The van der Waals surface area contributed by atoms with E-state index < -0.39 is 10.1 Å². The van der Waals surface area contributed by atoms with Gasteiger partial charge in [-0.1, -0.05) is 40.2 Å². The number of rotatable bonds is 3. The van der Waals surface area contributed by atoms with Crippen molar-refractivity contribution in [1.29, 1.82) is 0 Å². The van der Waals surface area contributed by atoms with Gasteiger partial charge in [0.05, 0.1) is 11.4 Å². The van der Waals surface area contributed by atoms with Crippen LogP contribution >= 0.6 is 31.9 Å². The van der Waals surface area contributed by atoms with Gasteiger partial charge in [-0.3, -0.25) is 4.55 Å². The van der Waals surface area contributed by atoms with Gasteiger partial charge < -0.3 is 5.73 Å². The molecule has 0 aliphatic heterocycles. The standard InChI is InChI=1S/C16H11Br2N3O3S.Na.H/c17-9-5-6-13(12(18)7-9)20-21-14-8-15(25(22,23)24)10-3-1-2-4-11(10)16(14)19;;/h1-8H,19H2,(H,22,23,24);;. The van der Waals surface area contributed by atoms with Gasteiger partial charge in [-0.15, -0.1) is 10.2 Å². The number of hydrogen-bond acceptors (Lipinski definition) is 5. The van der Waals surface area contributed by atoms with Crippen molar-refractivity contribution >= 4 is 99.4 Å². The molecular weight excluding hydrogens is 497 g/mol. The molecule has 0 aromatic heterocycles. The van der Waals surface area contributed by atoms with Crippen LogP contribution < -0.4 is 5.73 Å². The molecule has 130 valence electrons. The van der Waals surface area contributed by atoms with E-state index in [2.05, 4.69) is 42.1 Å². The van der Waals surface area contributed by atoms with Gasteiger partial charge in [0.1, 0.15) is 10.6 Å². The van der Waals surface area contributed by atoms with Gasteiger partial charge in [-0.05, 0) is 40.2 Å². The molecule has 0 saturated carbocycles. The molecule has 0 heterocycles. The van der Waals surface area contributed by atoms with Crippen molar-refractivity contribution in [2.45, 2.75) is 4.90 Å². The van der Waals surface area contributed by atoms with Gasteiger partial charge in [0.2, 0.25) is 0 Å². The summed E-state index contributed by atoms with van der Waals surface area (Å²) in [7, 11) is -4.44. The Bertz CT molecular complexity index is 1120. The Morgan fingerprint density at radius 2 is 1.54 bits per heavy atom. The molecule has 0 atom stereocenters. The van der Waals surface area contributed by atoms with Crippen LogP contribution in [0.1, 0.15) is 0 Å². The first-order valence-corrected chi connectivity index (χ1v) is 9.95. The fourth-order valence-corrected chi connectivity index (χ4v) is 4.16. The van der Waals surface area contributed by atoms with Gasteiger partial charge in [0, 0.05) is 19.7 Å². The van der Waals surface area contributed by atoms with Crippen LogP contribution in [0.5, 0.6) is 0 Å². The van der Waals surface area contributed by atoms with Gasteiger partial charge in [-0.2, -0.15) is 8.42 Å². The van der Waals surface area contributed by atoms with Crippen LogP contribution in [-0.2, 0) is 10.1 Å². The van der Waals surface area contributed by atoms with Crippen LogP contribution in [0.25, 0.3) is 10.8 Å². The fourth-order valence-electron chi connectivity index (χ4n) is 2.32. The minimum absolute atomic E-state index is 0. The summed E-state index contributed by atoms with van der Waals surface area (Å²) in [5.41, 5.74) is 7.09. The van der Waals surface area contributed by atoms with E-state index >= 15 is 0 Å². The summed E-state index contributed by atoms with van der Waals surface area (Å²) in [6.07, 6.45) is 0.